The smallest absolute Gasteiger partial charge is 0.154 e. The Hall–Kier alpha value is -1.29. The minimum absolute atomic E-state index is 0.184. The molecule has 0 saturated carbocycles. The van der Waals surface area contributed by atoms with Crippen LogP contribution in [-0.4, -0.2) is 33.6 Å². The Bertz CT molecular complexity index is 506. The van der Waals surface area contributed by atoms with Crippen LogP contribution >= 0.6 is 11.6 Å². The molecule has 0 saturated heterocycles. The SMILES string of the molecule is Cc1cc2c(N(C)CCC(C)Cl)nccn2n1. The zero-order chi connectivity index (χ0) is 12.4. The third-order valence-electron chi connectivity index (χ3n) is 2.72. The Balaban J connectivity index is 2.28. The van der Waals surface area contributed by atoms with Gasteiger partial charge < -0.3 is 4.90 Å². The minimum Gasteiger partial charge on any atom is -0.358 e. The number of nitrogens with zero attached hydrogens (tertiary/aromatic N) is 4. The van der Waals surface area contributed by atoms with Gasteiger partial charge in [-0.15, -0.1) is 11.6 Å². The van der Waals surface area contributed by atoms with Crippen LogP contribution in [0.4, 0.5) is 5.82 Å². The molecule has 0 fully saturated rings. The monoisotopic (exact) mass is 252 g/mol. The Morgan fingerprint density at radius 2 is 2.29 bits per heavy atom. The molecular formula is C12H17ClN4. The average Bonchev–Trinajstić information content (AvgIpc) is 2.65. The average molecular weight is 253 g/mol. The number of halogens is 1. The lowest BCUT2D eigenvalue weighted by Crippen LogP contribution is -2.22. The molecule has 0 amide bonds. The summed E-state index contributed by atoms with van der Waals surface area (Å²) in [5.41, 5.74) is 2.04. The van der Waals surface area contributed by atoms with Crippen molar-refractivity contribution in [3.05, 3.63) is 24.2 Å². The summed E-state index contributed by atoms with van der Waals surface area (Å²) in [6, 6.07) is 2.04. The largest absolute Gasteiger partial charge is 0.358 e. The molecule has 1 unspecified atom stereocenters. The first-order chi connectivity index (χ1) is 8.08. The number of fused-ring (bicyclic) bond motifs is 1. The fourth-order valence-corrected chi connectivity index (χ4v) is 1.90. The maximum absolute atomic E-state index is 5.97. The normalized spacial score (nSPS) is 12.9. The van der Waals surface area contributed by atoms with E-state index in [0.717, 1.165) is 30.0 Å². The highest BCUT2D eigenvalue weighted by molar-refractivity contribution is 6.20. The number of hydrogen-bond acceptors (Lipinski definition) is 3. The van der Waals surface area contributed by atoms with Gasteiger partial charge in [-0.3, -0.25) is 0 Å². The molecular weight excluding hydrogens is 236 g/mol. The summed E-state index contributed by atoms with van der Waals surface area (Å²) in [4.78, 5) is 6.54. The van der Waals surface area contributed by atoms with Gasteiger partial charge in [0.25, 0.3) is 0 Å². The zero-order valence-electron chi connectivity index (χ0n) is 10.4. The Morgan fingerprint density at radius 1 is 1.53 bits per heavy atom. The van der Waals surface area contributed by atoms with E-state index in [4.69, 9.17) is 11.6 Å². The van der Waals surface area contributed by atoms with Crippen molar-refractivity contribution in [1.82, 2.24) is 14.6 Å². The van der Waals surface area contributed by atoms with Crippen LogP contribution in [0, 0.1) is 6.92 Å². The molecule has 17 heavy (non-hydrogen) atoms. The van der Waals surface area contributed by atoms with E-state index in [-0.39, 0.29) is 5.38 Å². The van der Waals surface area contributed by atoms with E-state index in [9.17, 15) is 0 Å². The highest BCUT2D eigenvalue weighted by Gasteiger charge is 2.10. The molecule has 0 aromatic carbocycles. The first kappa shape index (κ1) is 12.2. The van der Waals surface area contributed by atoms with Crippen molar-refractivity contribution in [2.24, 2.45) is 0 Å². The van der Waals surface area contributed by atoms with Crippen LogP contribution in [0.1, 0.15) is 19.0 Å². The van der Waals surface area contributed by atoms with E-state index >= 15 is 0 Å². The van der Waals surface area contributed by atoms with Gasteiger partial charge in [0, 0.05) is 31.4 Å². The molecule has 0 N–H and O–H groups in total. The maximum atomic E-state index is 5.97. The summed E-state index contributed by atoms with van der Waals surface area (Å²) < 4.78 is 1.86. The highest BCUT2D eigenvalue weighted by Crippen LogP contribution is 2.18. The van der Waals surface area contributed by atoms with Crippen LogP contribution in [0.5, 0.6) is 0 Å². The van der Waals surface area contributed by atoms with Crippen LogP contribution in [0.3, 0.4) is 0 Å². The second-order valence-electron chi connectivity index (χ2n) is 4.36. The second kappa shape index (κ2) is 4.92. The molecule has 0 bridgehead atoms. The first-order valence-corrected chi connectivity index (χ1v) is 6.18. The molecule has 5 heteroatoms. The van der Waals surface area contributed by atoms with Crippen molar-refractivity contribution >= 4 is 22.9 Å². The summed E-state index contributed by atoms with van der Waals surface area (Å²) in [5, 5.41) is 4.56. The number of alkyl halides is 1. The number of anilines is 1. The minimum atomic E-state index is 0.184. The number of rotatable bonds is 4. The van der Waals surface area contributed by atoms with Gasteiger partial charge in [-0.2, -0.15) is 5.10 Å². The van der Waals surface area contributed by atoms with Crippen molar-refractivity contribution in [1.29, 1.82) is 0 Å². The van der Waals surface area contributed by atoms with Gasteiger partial charge in [0.15, 0.2) is 5.82 Å². The van der Waals surface area contributed by atoms with Crippen LogP contribution in [-0.2, 0) is 0 Å². The summed E-state index contributed by atoms with van der Waals surface area (Å²) in [5.74, 6) is 0.949. The van der Waals surface area contributed by atoms with Gasteiger partial charge in [0.1, 0.15) is 5.52 Å². The molecule has 0 aliphatic carbocycles. The number of hydrogen-bond donors (Lipinski definition) is 0. The van der Waals surface area contributed by atoms with E-state index in [1.165, 1.54) is 0 Å². The van der Waals surface area contributed by atoms with Gasteiger partial charge in [0.2, 0.25) is 0 Å². The molecule has 0 aliphatic heterocycles. The van der Waals surface area contributed by atoms with E-state index in [2.05, 4.69) is 15.0 Å². The number of aryl methyl sites for hydroxylation is 1. The first-order valence-electron chi connectivity index (χ1n) is 5.74. The fourth-order valence-electron chi connectivity index (χ4n) is 1.80. The van der Waals surface area contributed by atoms with Gasteiger partial charge >= 0.3 is 0 Å². The van der Waals surface area contributed by atoms with Crippen LogP contribution in [0.25, 0.3) is 5.52 Å². The van der Waals surface area contributed by atoms with E-state index in [1.54, 1.807) is 6.20 Å². The third kappa shape index (κ3) is 2.69. The molecule has 4 nitrogen and oxygen atoms in total. The predicted octanol–water partition coefficient (Wildman–Crippen LogP) is 2.49. The lowest BCUT2D eigenvalue weighted by molar-refractivity contribution is 0.764. The van der Waals surface area contributed by atoms with E-state index < -0.39 is 0 Å². The molecule has 2 aromatic heterocycles. The molecule has 0 spiro atoms. The summed E-state index contributed by atoms with van der Waals surface area (Å²) in [6.45, 7) is 4.88. The van der Waals surface area contributed by atoms with E-state index in [0.29, 0.717) is 0 Å². The third-order valence-corrected chi connectivity index (χ3v) is 2.93. The topological polar surface area (TPSA) is 33.4 Å². The molecule has 2 rings (SSSR count). The molecule has 2 aromatic rings. The molecule has 92 valence electrons. The van der Waals surface area contributed by atoms with Crippen molar-refractivity contribution in [3.8, 4) is 0 Å². The second-order valence-corrected chi connectivity index (χ2v) is 5.10. The lowest BCUT2D eigenvalue weighted by atomic mass is 10.3. The summed E-state index contributed by atoms with van der Waals surface area (Å²) >= 11 is 5.97. The molecule has 0 aliphatic rings. The van der Waals surface area contributed by atoms with Crippen molar-refractivity contribution in [2.75, 3.05) is 18.5 Å². The summed E-state index contributed by atoms with van der Waals surface area (Å²) in [7, 11) is 2.03. The van der Waals surface area contributed by atoms with Crippen LogP contribution in [0.15, 0.2) is 18.5 Å². The maximum Gasteiger partial charge on any atom is 0.154 e. The van der Waals surface area contributed by atoms with Crippen LogP contribution < -0.4 is 4.90 Å². The fraction of sp³-hybridized carbons (Fsp3) is 0.500. The molecule has 2 heterocycles. The highest BCUT2D eigenvalue weighted by atomic mass is 35.5. The Morgan fingerprint density at radius 3 is 3.00 bits per heavy atom. The Kier molecular flexibility index (Phi) is 3.52. The quantitative estimate of drug-likeness (QED) is 0.784. The van der Waals surface area contributed by atoms with Gasteiger partial charge in [0.05, 0.1) is 5.69 Å². The summed E-state index contributed by atoms with van der Waals surface area (Å²) in [6.07, 6.45) is 4.58. The molecule has 1 atom stereocenters. The lowest BCUT2D eigenvalue weighted by Gasteiger charge is -2.19. The zero-order valence-corrected chi connectivity index (χ0v) is 11.1. The van der Waals surface area contributed by atoms with Crippen molar-refractivity contribution < 1.29 is 0 Å². The Labute approximate surface area is 106 Å². The van der Waals surface area contributed by atoms with Gasteiger partial charge in [-0.25, -0.2) is 9.50 Å². The number of aromatic nitrogens is 3. The van der Waals surface area contributed by atoms with Crippen molar-refractivity contribution in [3.63, 3.8) is 0 Å². The predicted molar refractivity (Wildman–Crippen MR) is 70.9 cm³/mol. The van der Waals surface area contributed by atoms with E-state index in [1.807, 2.05) is 37.7 Å². The van der Waals surface area contributed by atoms with Crippen molar-refractivity contribution in [2.45, 2.75) is 25.6 Å². The van der Waals surface area contributed by atoms with Gasteiger partial charge in [-0.05, 0) is 26.3 Å². The standard InChI is InChI=1S/C12H17ClN4/c1-9(13)4-6-16(3)12-11-8-10(2)15-17(11)7-5-14-12/h5,7-9H,4,6H2,1-3H3. The van der Waals surface area contributed by atoms with Crippen LogP contribution in [0.2, 0.25) is 0 Å². The van der Waals surface area contributed by atoms with Gasteiger partial charge in [-0.1, -0.05) is 0 Å². The molecule has 0 radical (unpaired) electrons.